The van der Waals surface area contributed by atoms with Gasteiger partial charge in [-0.05, 0) is 30.2 Å². The molecule has 2 heterocycles. The van der Waals surface area contributed by atoms with Crippen LogP contribution in [-0.2, 0) is 0 Å². The Morgan fingerprint density at radius 3 is 2.76 bits per heavy atom. The van der Waals surface area contributed by atoms with Crippen molar-refractivity contribution < 1.29 is 4.79 Å². The van der Waals surface area contributed by atoms with E-state index < -0.39 is 0 Å². The second kappa shape index (κ2) is 6.13. The number of benzene rings is 2. The third kappa shape index (κ3) is 2.88. The molecule has 4 rings (SSSR count). The number of carbonyl (C=O) groups is 1. The smallest absolute Gasteiger partial charge is 0.253 e. The molecule has 1 fully saturated rings. The van der Waals surface area contributed by atoms with Crippen molar-refractivity contribution in [1.29, 1.82) is 0 Å². The average molecular weight is 352 g/mol. The van der Waals surface area contributed by atoms with Gasteiger partial charge in [0, 0.05) is 30.6 Å². The summed E-state index contributed by atoms with van der Waals surface area (Å²) in [5, 5.41) is 0.523. The van der Waals surface area contributed by atoms with Crippen LogP contribution in [0.15, 0.2) is 42.5 Å². The summed E-state index contributed by atoms with van der Waals surface area (Å²) in [7, 11) is 0. The highest BCUT2D eigenvalue weighted by atomic mass is 32.1. The minimum Gasteiger partial charge on any atom is -0.375 e. The van der Waals surface area contributed by atoms with Gasteiger partial charge in [0.15, 0.2) is 5.13 Å². The minimum absolute atomic E-state index is 0.0193. The monoisotopic (exact) mass is 352 g/mol. The summed E-state index contributed by atoms with van der Waals surface area (Å²) in [5.41, 5.74) is 15.8. The number of nitrogens with zero attached hydrogens (tertiary/aromatic N) is 2. The summed E-state index contributed by atoms with van der Waals surface area (Å²) < 4.78 is 0.948. The van der Waals surface area contributed by atoms with Crippen LogP contribution in [0.2, 0.25) is 0 Å². The Morgan fingerprint density at radius 2 is 2.00 bits per heavy atom. The molecule has 25 heavy (non-hydrogen) atoms. The van der Waals surface area contributed by atoms with Gasteiger partial charge in [0.05, 0.1) is 10.2 Å². The molecule has 6 heteroatoms. The van der Waals surface area contributed by atoms with Gasteiger partial charge in [-0.1, -0.05) is 41.7 Å². The molecule has 1 aliphatic heterocycles. The van der Waals surface area contributed by atoms with Crippen molar-refractivity contribution in [2.75, 3.05) is 18.8 Å². The first kappa shape index (κ1) is 16.1. The fourth-order valence-corrected chi connectivity index (χ4v) is 4.42. The number of hydrogen-bond donors (Lipinski definition) is 2. The van der Waals surface area contributed by atoms with Crippen LogP contribution < -0.4 is 11.5 Å². The Labute approximate surface area is 150 Å². The molecule has 4 N–H and O–H groups in total. The molecular weight excluding hydrogens is 332 g/mol. The second-order valence-electron chi connectivity index (χ2n) is 6.58. The number of amides is 1. The van der Waals surface area contributed by atoms with Gasteiger partial charge in [-0.3, -0.25) is 4.79 Å². The summed E-state index contributed by atoms with van der Waals surface area (Å²) >= 11 is 1.41. The van der Waals surface area contributed by atoms with Crippen LogP contribution in [0.4, 0.5) is 5.13 Å². The summed E-state index contributed by atoms with van der Waals surface area (Å²) in [6.45, 7) is 3.17. The predicted molar refractivity (Wildman–Crippen MR) is 102 cm³/mol. The molecule has 2 aromatic carbocycles. The molecule has 0 spiro atoms. The van der Waals surface area contributed by atoms with E-state index in [4.69, 9.17) is 11.5 Å². The van der Waals surface area contributed by atoms with Gasteiger partial charge in [-0.2, -0.15) is 0 Å². The zero-order valence-electron chi connectivity index (χ0n) is 14.0. The topological polar surface area (TPSA) is 85.2 Å². The first-order valence-electron chi connectivity index (χ1n) is 8.29. The van der Waals surface area contributed by atoms with E-state index >= 15 is 0 Å². The van der Waals surface area contributed by atoms with Crippen LogP contribution >= 0.6 is 11.3 Å². The molecular formula is C19H20N4OS. The number of nitrogen functional groups attached to an aromatic ring is 1. The SMILES string of the molecule is Cc1cc(C(=O)N2C[C@H](c3ccccc3)[C@@H](N)C2)cc2sc(N)nc12. The van der Waals surface area contributed by atoms with Crippen LogP contribution in [0.5, 0.6) is 0 Å². The molecule has 0 bridgehead atoms. The number of carbonyl (C=O) groups excluding carboxylic acids is 1. The fourth-order valence-electron chi connectivity index (χ4n) is 3.57. The highest BCUT2D eigenvalue weighted by Crippen LogP contribution is 2.30. The molecule has 0 saturated carbocycles. The third-order valence-corrected chi connectivity index (χ3v) is 5.66. The quantitative estimate of drug-likeness (QED) is 0.743. The maximum Gasteiger partial charge on any atom is 0.253 e. The van der Waals surface area contributed by atoms with Crippen LogP contribution in [0.1, 0.15) is 27.4 Å². The number of aryl methyl sites for hydroxylation is 1. The maximum absolute atomic E-state index is 13.0. The summed E-state index contributed by atoms with van der Waals surface area (Å²) in [6.07, 6.45) is 0. The number of likely N-dealkylation sites (tertiary alicyclic amines) is 1. The van der Waals surface area contributed by atoms with Gasteiger partial charge in [-0.25, -0.2) is 4.98 Å². The van der Waals surface area contributed by atoms with E-state index in [-0.39, 0.29) is 17.9 Å². The van der Waals surface area contributed by atoms with Crippen LogP contribution in [0.25, 0.3) is 10.2 Å². The number of thiazole rings is 1. The standard InChI is InChI=1S/C19H20N4OS/c1-11-7-13(8-16-17(11)22-19(21)25-16)18(24)23-9-14(15(20)10-23)12-5-3-2-4-6-12/h2-8,14-15H,9-10,20H2,1H3,(H2,21,22)/t14-,15+/m1/s1. The Hall–Kier alpha value is -2.44. The van der Waals surface area contributed by atoms with Crippen LogP contribution in [0.3, 0.4) is 0 Å². The molecule has 1 amide bonds. The van der Waals surface area contributed by atoms with E-state index in [9.17, 15) is 4.79 Å². The van der Waals surface area contributed by atoms with E-state index in [0.717, 1.165) is 15.8 Å². The predicted octanol–water partition coefficient (Wildman–Crippen LogP) is 2.75. The molecule has 1 saturated heterocycles. The lowest BCUT2D eigenvalue weighted by molar-refractivity contribution is 0.0789. The van der Waals surface area contributed by atoms with Gasteiger partial charge >= 0.3 is 0 Å². The zero-order chi connectivity index (χ0) is 17.6. The van der Waals surface area contributed by atoms with Crippen molar-refractivity contribution in [3.63, 3.8) is 0 Å². The van der Waals surface area contributed by atoms with Crippen molar-refractivity contribution in [2.45, 2.75) is 18.9 Å². The van der Waals surface area contributed by atoms with Gasteiger partial charge in [0.1, 0.15) is 0 Å². The van der Waals surface area contributed by atoms with E-state index in [1.807, 2.05) is 42.2 Å². The Morgan fingerprint density at radius 1 is 1.24 bits per heavy atom. The number of fused-ring (bicyclic) bond motifs is 1. The number of rotatable bonds is 2. The molecule has 0 aliphatic carbocycles. The molecule has 1 aliphatic rings. The summed E-state index contributed by atoms with van der Waals surface area (Å²) in [4.78, 5) is 19.2. The lowest BCUT2D eigenvalue weighted by Crippen LogP contribution is -2.32. The van der Waals surface area contributed by atoms with Crippen molar-refractivity contribution in [1.82, 2.24) is 9.88 Å². The number of nitrogens with two attached hydrogens (primary N) is 2. The molecule has 0 radical (unpaired) electrons. The number of aromatic nitrogens is 1. The molecule has 0 unspecified atom stereocenters. The molecule has 5 nitrogen and oxygen atoms in total. The van der Waals surface area contributed by atoms with Crippen molar-refractivity contribution in [3.05, 3.63) is 59.2 Å². The highest BCUT2D eigenvalue weighted by molar-refractivity contribution is 7.22. The largest absolute Gasteiger partial charge is 0.375 e. The van der Waals surface area contributed by atoms with Crippen LogP contribution in [-0.4, -0.2) is 34.9 Å². The highest BCUT2D eigenvalue weighted by Gasteiger charge is 2.34. The fraction of sp³-hybridized carbons (Fsp3) is 0.263. The lowest BCUT2D eigenvalue weighted by atomic mass is 9.95. The van der Waals surface area contributed by atoms with E-state index in [2.05, 4.69) is 17.1 Å². The Bertz CT molecular complexity index is 937. The van der Waals surface area contributed by atoms with Gasteiger partial charge < -0.3 is 16.4 Å². The van der Waals surface area contributed by atoms with E-state index in [0.29, 0.717) is 23.8 Å². The van der Waals surface area contributed by atoms with Gasteiger partial charge in [-0.15, -0.1) is 0 Å². The molecule has 128 valence electrons. The first-order valence-corrected chi connectivity index (χ1v) is 9.11. The number of hydrogen-bond acceptors (Lipinski definition) is 5. The van der Waals surface area contributed by atoms with Crippen molar-refractivity contribution in [3.8, 4) is 0 Å². The van der Waals surface area contributed by atoms with E-state index in [1.54, 1.807) is 0 Å². The molecule has 3 aromatic rings. The minimum atomic E-state index is -0.0461. The average Bonchev–Trinajstić information content (AvgIpc) is 3.17. The van der Waals surface area contributed by atoms with E-state index in [1.165, 1.54) is 16.9 Å². The lowest BCUT2D eigenvalue weighted by Gasteiger charge is -2.17. The first-order chi connectivity index (χ1) is 12.0. The van der Waals surface area contributed by atoms with Gasteiger partial charge in [0.25, 0.3) is 5.91 Å². The molecule has 1 aromatic heterocycles. The third-order valence-electron chi connectivity index (χ3n) is 4.83. The van der Waals surface area contributed by atoms with Crippen molar-refractivity contribution >= 4 is 32.6 Å². The Balaban J connectivity index is 1.61. The summed E-state index contributed by atoms with van der Waals surface area (Å²) in [5.74, 6) is 0.194. The maximum atomic E-state index is 13.0. The van der Waals surface area contributed by atoms with Crippen molar-refractivity contribution in [2.24, 2.45) is 5.73 Å². The molecule has 2 atom stereocenters. The number of anilines is 1. The second-order valence-corrected chi connectivity index (χ2v) is 7.65. The zero-order valence-corrected chi connectivity index (χ0v) is 14.8. The Kier molecular flexibility index (Phi) is 3.94. The van der Waals surface area contributed by atoms with Gasteiger partial charge in [0.2, 0.25) is 0 Å². The summed E-state index contributed by atoms with van der Waals surface area (Å²) in [6, 6.07) is 13.9. The normalized spacial score (nSPS) is 20.3. The van der Waals surface area contributed by atoms with Crippen LogP contribution in [0, 0.1) is 6.92 Å².